The van der Waals surface area contributed by atoms with Crippen LogP contribution in [-0.4, -0.2) is 61.8 Å². The summed E-state index contributed by atoms with van der Waals surface area (Å²) in [6.07, 6.45) is 7.61. The quantitative estimate of drug-likeness (QED) is 0.721. The molecule has 0 bridgehead atoms. The number of hydrogen-bond acceptors (Lipinski definition) is 3. The van der Waals surface area contributed by atoms with Crippen molar-refractivity contribution in [3.63, 3.8) is 0 Å². The van der Waals surface area contributed by atoms with E-state index in [1.54, 1.807) is 0 Å². The highest BCUT2D eigenvalue weighted by atomic mass is 16.3. The molecule has 1 aliphatic carbocycles. The molecular formula is C15H32N2O. The van der Waals surface area contributed by atoms with Crippen LogP contribution in [0.25, 0.3) is 0 Å². The molecule has 1 fully saturated rings. The maximum Gasteiger partial charge on any atom is 0.0499 e. The summed E-state index contributed by atoms with van der Waals surface area (Å²) in [7, 11) is 4.26. The van der Waals surface area contributed by atoms with Crippen LogP contribution in [0.15, 0.2) is 0 Å². The fourth-order valence-electron chi connectivity index (χ4n) is 3.10. The van der Waals surface area contributed by atoms with E-state index in [4.69, 9.17) is 0 Å². The molecule has 1 rings (SSSR count). The largest absolute Gasteiger partial charge is 0.396 e. The molecule has 0 aliphatic heterocycles. The second-order valence-electron chi connectivity index (χ2n) is 6.24. The molecule has 0 atom stereocenters. The average Bonchev–Trinajstić information content (AvgIpc) is 2.38. The van der Waals surface area contributed by atoms with E-state index in [2.05, 4.69) is 30.8 Å². The lowest BCUT2D eigenvalue weighted by atomic mass is 9.74. The molecule has 18 heavy (non-hydrogen) atoms. The Morgan fingerprint density at radius 1 is 1.06 bits per heavy atom. The molecule has 0 radical (unpaired) electrons. The zero-order chi connectivity index (χ0) is 13.4. The molecule has 0 aromatic rings. The summed E-state index contributed by atoms with van der Waals surface area (Å²) < 4.78 is 0. The minimum atomic E-state index is 0.201. The topological polar surface area (TPSA) is 26.7 Å². The molecule has 1 saturated carbocycles. The van der Waals surface area contributed by atoms with E-state index in [9.17, 15) is 5.11 Å². The molecule has 0 unspecified atom stereocenters. The first-order valence-electron chi connectivity index (χ1n) is 7.60. The first-order valence-corrected chi connectivity index (χ1v) is 7.60. The highest BCUT2D eigenvalue weighted by Gasteiger charge is 2.32. The summed E-state index contributed by atoms with van der Waals surface area (Å²) in [4.78, 5) is 4.78. The number of nitrogens with zero attached hydrogens (tertiary/aromatic N) is 2. The molecule has 3 nitrogen and oxygen atoms in total. The number of rotatable bonds is 8. The monoisotopic (exact) mass is 256 g/mol. The minimum absolute atomic E-state index is 0.201. The third kappa shape index (κ3) is 5.25. The van der Waals surface area contributed by atoms with Gasteiger partial charge in [0.25, 0.3) is 0 Å². The van der Waals surface area contributed by atoms with Gasteiger partial charge in [-0.2, -0.15) is 0 Å². The van der Waals surface area contributed by atoms with Crippen molar-refractivity contribution in [1.82, 2.24) is 9.80 Å². The van der Waals surface area contributed by atoms with Crippen molar-refractivity contribution < 1.29 is 5.11 Å². The van der Waals surface area contributed by atoms with Crippen LogP contribution in [0.1, 0.15) is 45.4 Å². The molecule has 0 spiro atoms. The summed E-state index contributed by atoms with van der Waals surface area (Å²) >= 11 is 0. The lowest BCUT2D eigenvalue weighted by molar-refractivity contribution is 0.0411. The summed E-state index contributed by atoms with van der Waals surface area (Å²) in [5.74, 6) is 0. The molecule has 0 heterocycles. The SMILES string of the molecule is CCN(CCCN(C)C)CC1(CO)CCCCC1. The van der Waals surface area contributed by atoms with E-state index in [1.807, 2.05) is 0 Å². The van der Waals surface area contributed by atoms with Crippen molar-refractivity contribution in [3.05, 3.63) is 0 Å². The molecular weight excluding hydrogens is 224 g/mol. The predicted molar refractivity (Wildman–Crippen MR) is 77.9 cm³/mol. The third-order valence-corrected chi connectivity index (χ3v) is 4.34. The number of hydrogen-bond donors (Lipinski definition) is 1. The van der Waals surface area contributed by atoms with Gasteiger partial charge in [0.2, 0.25) is 0 Å². The lowest BCUT2D eigenvalue weighted by Gasteiger charge is -2.39. The van der Waals surface area contributed by atoms with Gasteiger partial charge in [0.15, 0.2) is 0 Å². The van der Waals surface area contributed by atoms with Crippen LogP contribution in [0.5, 0.6) is 0 Å². The van der Waals surface area contributed by atoms with Crippen LogP contribution in [0.3, 0.4) is 0 Å². The molecule has 0 aromatic carbocycles. The van der Waals surface area contributed by atoms with Gasteiger partial charge in [-0.1, -0.05) is 26.2 Å². The highest BCUT2D eigenvalue weighted by Crippen LogP contribution is 2.36. The molecule has 0 saturated heterocycles. The fourth-order valence-corrected chi connectivity index (χ4v) is 3.10. The Kier molecular flexibility index (Phi) is 7.20. The lowest BCUT2D eigenvalue weighted by Crippen LogP contribution is -2.42. The standard InChI is InChI=1S/C15H32N2O/c1-4-17(12-8-11-16(2)3)13-15(14-18)9-6-5-7-10-15/h18H,4-14H2,1-3H3. The minimum Gasteiger partial charge on any atom is -0.396 e. The van der Waals surface area contributed by atoms with Crippen molar-refractivity contribution >= 4 is 0 Å². The summed E-state index contributed by atoms with van der Waals surface area (Å²) in [6.45, 7) is 7.13. The summed E-state index contributed by atoms with van der Waals surface area (Å²) in [5.41, 5.74) is 0.201. The van der Waals surface area contributed by atoms with Crippen LogP contribution in [0, 0.1) is 5.41 Å². The Morgan fingerprint density at radius 2 is 1.72 bits per heavy atom. The van der Waals surface area contributed by atoms with Gasteiger partial charge >= 0.3 is 0 Å². The van der Waals surface area contributed by atoms with E-state index in [0.29, 0.717) is 6.61 Å². The molecule has 0 aromatic heterocycles. The number of aliphatic hydroxyl groups excluding tert-OH is 1. The van der Waals surface area contributed by atoms with Gasteiger partial charge in [0.05, 0.1) is 0 Å². The number of aliphatic hydroxyl groups is 1. The third-order valence-electron chi connectivity index (χ3n) is 4.34. The second-order valence-corrected chi connectivity index (χ2v) is 6.24. The van der Waals surface area contributed by atoms with E-state index >= 15 is 0 Å². The van der Waals surface area contributed by atoms with Gasteiger partial charge in [-0.25, -0.2) is 0 Å². The summed E-state index contributed by atoms with van der Waals surface area (Å²) in [5, 5.41) is 9.76. The fraction of sp³-hybridized carbons (Fsp3) is 1.00. The van der Waals surface area contributed by atoms with E-state index in [1.165, 1.54) is 38.5 Å². The molecule has 108 valence electrons. The van der Waals surface area contributed by atoms with E-state index < -0.39 is 0 Å². The zero-order valence-corrected chi connectivity index (χ0v) is 12.6. The van der Waals surface area contributed by atoms with E-state index in [-0.39, 0.29) is 5.41 Å². The van der Waals surface area contributed by atoms with Crippen LogP contribution >= 0.6 is 0 Å². The Labute approximate surface area is 113 Å². The van der Waals surface area contributed by atoms with Crippen molar-refractivity contribution in [3.8, 4) is 0 Å². The smallest absolute Gasteiger partial charge is 0.0499 e. The second kappa shape index (κ2) is 8.13. The maximum absolute atomic E-state index is 9.76. The first kappa shape index (κ1) is 15.9. The van der Waals surface area contributed by atoms with Crippen LogP contribution in [0.4, 0.5) is 0 Å². The van der Waals surface area contributed by atoms with Gasteiger partial charge in [-0.05, 0) is 53.0 Å². The summed E-state index contributed by atoms with van der Waals surface area (Å²) in [6, 6.07) is 0. The molecule has 1 N–H and O–H groups in total. The first-order chi connectivity index (χ1) is 8.62. The van der Waals surface area contributed by atoms with Gasteiger partial charge in [-0.3, -0.25) is 0 Å². The van der Waals surface area contributed by atoms with Crippen molar-refractivity contribution in [1.29, 1.82) is 0 Å². The normalized spacial score (nSPS) is 19.7. The van der Waals surface area contributed by atoms with Gasteiger partial charge < -0.3 is 14.9 Å². The molecule has 3 heteroatoms. The van der Waals surface area contributed by atoms with Crippen LogP contribution in [0.2, 0.25) is 0 Å². The van der Waals surface area contributed by atoms with Gasteiger partial charge in [0, 0.05) is 18.6 Å². The molecule has 0 amide bonds. The maximum atomic E-state index is 9.76. The van der Waals surface area contributed by atoms with Gasteiger partial charge in [0.1, 0.15) is 0 Å². The molecule has 1 aliphatic rings. The van der Waals surface area contributed by atoms with Crippen molar-refractivity contribution in [2.24, 2.45) is 5.41 Å². The Bertz CT molecular complexity index is 213. The van der Waals surface area contributed by atoms with Crippen LogP contribution in [-0.2, 0) is 0 Å². The Balaban J connectivity index is 2.39. The Morgan fingerprint density at radius 3 is 2.22 bits per heavy atom. The van der Waals surface area contributed by atoms with Gasteiger partial charge in [-0.15, -0.1) is 0 Å². The Hall–Kier alpha value is -0.120. The van der Waals surface area contributed by atoms with Crippen molar-refractivity contribution in [2.45, 2.75) is 45.4 Å². The predicted octanol–water partition coefficient (Wildman–Crippen LogP) is 2.20. The van der Waals surface area contributed by atoms with E-state index in [0.717, 1.165) is 26.2 Å². The van der Waals surface area contributed by atoms with Crippen LogP contribution < -0.4 is 0 Å². The highest BCUT2D eigenvalue weighted by molar-refractivity contribution is 4.85. The van der Waals surface area contributed by atoms with Crippen molar-refractivity contribution in [2.75, 3.05) is 46.9 Å². The average molecular weight is 256 g/mol. The zero-order valence-electron chi connectivity index (χ0n) is 12.6.